The standard InChI is InChI=1S/C20H21F2NO4/c21-19(22)17-6-3-14(20(23)24)11-18(17)27-16-4-1-13(2-5-16)12-26-15-7-9-25-10-8-15/h1-6,11,15,19H,7-10,12H2,(H2,23,24). The summed E-state index contributed by atoms with van der Waals surface area (Å²) in [5.74, 6) is -0.415. The van der Waals surface area contributed by atoms with Crippen molar-refractivity contribution in [2.45, 2.75) is 32.0 Å². The highest BCUT2D eigenvalue weighted by Gasteiger charge is 2.17. The van der Waals surface area contributed by atoms with Gasteiger partial charge in [0.05, 0.1) is 18.3 Å². The van der Waals surface area contributed by atoms with Crippen LogP contribution in [-0.4, -0.2) is 25.2 Å². The molecule has 0 atom stereocenters. The molecule has 2 aromatic carbocycles. The third-order valence-corrected chi connectivity index (χ3v) is 4.34. The van der Waals surface area contributed by atoms with Gasteiger partial charge in [-0.2, -0.15) is 0 Å². The van der Waals surface area contributed by atoms with Crippen molar-refractivity contribution >= 4 is 5.91 Å². The first-order valence-corrected chi connectivity index (χ1v) is 8.71. The van der Waals surface area contributed by atoms with Gasteiger partial charge in [-0.1, -0.05) is 12.1 Å². The highest BCUT2D eigenvalue weighted by molar-refractivity contribution is 5.93. The van der Waals surface area contributed by atoms with Crippen molar-refractivity contribution < 1.29 is 27.8 Å². The lowest BCUT2D eigenvalue weighted by atomic mass is 10.1. The third-order valence-electron chi connectivity index (χ3n) is 4.34. The van der Waals surface area contributed by atoms with Crippen LogP contribution >= 0.6 is 0 Å². The van der Waals surface area contributed by atoms with E-state index in [1.165, 1.54) is 12.1 Å². The van der Waals surface area contributed by atoms with E-state index in [-0.39, 0.29) is 23.0 Å². The first-order valence-electron chi connectivity index (χ1n) is 8.71. The number of hydrogen-bond acceptors (Lipinski definition) is 4. The number of nitrogens with two attached hydrogens (primary N) is 1. The van der Waals surface area contributed by atoms with Crippen LogP contribution in [0, 0.1) is 0 Å². The summed E-state index contributed by atoms with van der Waals surface area (Å²) >= 11 is 0. The van der Waals surface area contributed by atoms with Gasteiger partial charge in [-0.3, -0.25) is 4.79 Å². The van der Waals surface area contributed by atoms with Crippen LogP contribution in [0.15, 0.2) is 42.5 Å². The average molecular weight is 377 g/mol. The first-order chi connectivity index (χ1) is 13.0. The van der Waals surface area contributed by atoms with Crippen LogP contribution in [0.4, 0.5) is 8.78 Å². The number of carbonyl (C=O) groups is 1. The van der Waals surface area contributed by atoms with E-state index in [0.717, 1.165) is 24.5 Å². The lowest BCUT2D eigenvalue weighted by Gasteiger charge is -2.22. The van der Waals surface area contributed by atoms with E-state index in [1.54, 1.807) is 12.1 Å². The monoisotopic (exact) mass is 377 g/mol. The quantitative estimate of drug-likeness (QED) is 0.785. The van der Waals surface area contributed by atoms with E-state index in [2.05, 4.69) is 0 Å². The van der Waals surface area contributed by atoms with Gasteiger partial charge in [0.2, 0.25) is 5.91 Å². The lowest BCUT2D eigenvalue weighted by molar-refractivity contribution is -0.0390. The van der Waals surface area contributed by atoms with Gasteiger partial charge in [0.15, 0.2) is 0 Å². The molecule has 1 amide bonds. The fraction of sp³-hybridized carbons (Fsp3) is 0.350. The van der Waals surface area contributed by atoms with E-state index in [1.807, 2.05) is 12.1 Å². The van der Waals surface area contributed by atoms with Gasteiger partial charge in [-0.25, -0.2) is 8.78 Å². The second kappa shape index (κ2) is 8.92. The van der Waals surface area contributed by atoms with Crippen LogP contribution in [0.3, 0.4) is 0 Å². The highest BCUT2D eigenvalue weighted by atomic mass is 19.3. The Morgan fingerprint density at radius 3 is 2.48 bits per heavy atom. The second-order valence-corrected chi connectivity index (χ2v) is 6.29. The molecule has 0 aromatic heterocycles. The number of halogens is 2. The van der Waals surface area contributed by atoms with Crippen LogP contribution in [0.1, 0.15) is 40.8 Å². The van der Waals surface area contributed by atoms with Crippen LogP contribution < -0.4 is 10.5 Å². The summed E-state index contributed by atoms with van der Waals surface area (Å²) < 4.78 is 43.1. The number of rotatable bonds is 7. The summed E-state index contributed by atoms with van der Waals surface area (Å²) in [5.41, 5.74) is 5.97. The van der Waals surface area contributed by atoms with Crippen LogP contribution in [0.2, 0.25) is 0 Å². The number of amides is 1. The van der Waals surface area contributed by atoms with Crippen molar-refractivity contribution in [2.24, 2.45) is 5.73 Å². The van der Waals surface area contributed by atoms with Gasteiger partial charge < -0.3 is 19.9 Å². The molecular weight excluding hydrogens is 356 g/mol. The van der Waals surface area contributed by atoms with Gasteiger partial charge in [-0.05, 0) is 48.7 Å². The van der Waals surface area contributed by atoms with Crippen molar-refractivity contribution in [1.82, 2.24) is 0 Å². The molecule has 1 heterocycles. The Morgan fingerprint density at radius 2 is 1.85 bits per heavy atom. The molecule has 1 fully saturated rings. The molecule has 1 saturated heterocycles. The van der Waals surface area contributed by atoms with Gasteiger partial charge >= 0.3 is 0 Å². The van der Waals surface area contributed by atoms with Gasteiger partial charge in [0, 0.05) is 18.8 Å². The number of ether oxygens (including phenoxy) is 3. The largest absolute Gasteiger partial charge is 0.457 e. The molecule has 27 heavy (non-hydrogen) atoms. The van der Waals surface area contributed by atoms with Gasteiger partial charge in [0.25, 0.3) is 6.43 Å². The normalized spacial score (nSPS) is 15.1. The average Bonchev–Trinajstić information content (AvgIpc) is 2.68. The zero-order chi connectivity index (χ0) is 19.2. The summed E-state index contributed by atoms with van der Waals surface area (Å²) in [7, 11) is 0. The number of hydrogen-bond donors (Lipinski definition) is 1. The van der Waals surface area contributed by atoms with Crippen molar-refractivity contribution in [1.29, 1.82) is 0 Å². The fourth-order valence-electron chi connectivity index (χ4n) is 2.79. The summed E-state index contributed by atoms with van der Waals surface area (Å²) in [6.45, 7) is 1.90. The highest BCUT2D eigenvalue weighted by Crippen LogP contribution is 2.33. The molecule has 1 aliphatic heterocycles. The Labute approximate surface area is 156 Å². The molecule has 0 aliphatic carbocycles. The smallest absolute Gasteiger partial charge is 0.267 e. The molecule has 3 rings (SSSR count). The molecule has 0 bridgehead atoms. The van der Waals surface area contributed by atoms with Crippen molar-refractivity contribution in [3.05, 3.63) is 59.2 Å². The van der Waals surface area contributed by atoms with Gasteiger partial charge in [0.1, 0.15) is 11.5 Å². The van der Waals surface area contributed by atoms with Crippen LogP contribution in [-0.2, 0) is 16.1 Å². The molecule has 7 heteroatoms. The topological polar surface area (TPSA) is 70.8 Å². The van der Waals surface area contributed by atoms with E-state index in [0.29, 0.717) is 25.6 Å². The Balaban J connectivity index is 1.67. The molecule has 144 valence electrons. The molecule has 5 nitrogen and oxygen atoms in total. The van der Waals surface area contributed by atoms with E-state index < -0.39 is 12.3 Å². The van der Waals surface area contributed by atoms with Gasteiger partial charge in [-0.15, -0.1) is 0 Å². The molecule has 0 saturated carbocycles. The summed E-state index contributed by atoms with van der Waals surface area (Å²) in [6, 6.07) is 10.6. The van der Waals surface area contributed by atoms with Crippen LogP contribution in [0.5, 0.6) is 11.5 Å². The number of alkyl halides is 2. The zero-order valence-electron chi connectivity index (χ0n) is 14.7. The maximum absolute atomic E-state index is 13.2. The number of benzene rings is 2. The van der Waals surface area contributed by atoms with Crippen molar-refractivity contribution in [2.75, 3.05) is 13.2 Å². The molecule has 0 spiro atoms. The number of carbonyl (C=O) groups excluding carboxylic acids is 1. The molecule has 0 unspecified atom stereocenters. The maximum atomic E-state index is 13.2. The number of primary amides is 1. The van der Waals surface area contributed by atoms with Crippen molar-refractivity contribution in [3.63, 3.8) is 0 Å². The van der Waals surface area contributed by atoms with Crippen LogP contribution in [0.25, 0.3) is 0 Å². The third kappa shape index (κ3) is 5.24. The van der Waals surface area contributed by atoms with Crippen molar-refractivity contribution in [3.8, 4) is 11.5 Å². The summed E-state index contributed by atoms with van der Waals surface area (Å²) in [6.07, 6.45) is -0.768. The SMILES string of the molecule is NC(=O)c1ccc(C(F)F)c(Oc2ccc(COC3CCOCC3)cc2)c1. The minimum atomic E-state index is -2.73. The lowest BCUT2D eigenvalue weighted by Crippen LogP contribution is -2.23. The minimum Gasteiger partial charge on any atom is -0.457 e. The Morgan fingerprint density at radius 1 is 1.15 bits per heavy atom. The maximum Gasteiger partial charge on any atom is 0.267 e. The van der Waals surface area contributed by atoms with E-state index in [4.69, 9.17) is 19.9 Å². The molecule has 2 aromatic rings. The predicted molar refractivity (Wildman–Crippen MR) is 95.1 cm³/mol. The fourth-order valence-corrected chi connectivity index (χ4v) is 2.79. The zero-order valence-corrected chi connectivity index (χ0v) is 14.7. The molecule has 0 radical (unpaired) electrons. The molecular formula is C20H21F2NO4. The Kier molecular flexibility index (Phi) is 6.36. The molecule has 1 aliphatic rings. The summed E-state index contributed by atoms with van der Waals surface area (Å²) in [4.78, 5) is 11.3. The first kappa shape index (κ1) is 19.3. The van der Waals surface area contributed by atoms with E-state index >= 15 is 0 Å². The Bertz CT molecular complexity index is 774. The van der Waals surface area contributed by atoms with E-state index in [9.17, 15) is 13.6 Å². The Hall–Kier alpha value is -2.51. The second-order valence-electron chi connectivity index (χ2n) is 6.29. The predicted octanol–water partition coefficient (Wildman–Crippen LogP) is 4.21. The molecule has 2 N–H and O–H groups in total. The minimum absolute atomic E-state index is 0.0903. The summed E-state index contributed by atoms with van der Waals surface area (Å²) in [5, 5.41) is 0.